The van der Waals surface area contributed by atoms with E-state index in [0.717, 1.165) is 18.7 Å². The van der Waals surface area contributed by atoms with Crippen molar-refractivity contribution in [2.75, 3.05) is 6.54 Å². The Kier molecular flexibility index (Phi) is 5.03. The molecule has 2 aromatic rings. The van der Waals surface area contributed by atoms with Crippen molar-refractivity contribution < 1.29 is 8.78 Å². The van der Waals surface area contributed by atoms with E-state index < -0.39 is 11.6 Å². The Morgan fingerprint density at radius 1 is 1.23 bits per heavy atom. The zero-order valence-corrected chi connectivity index (χ0v) is 12.9. The maximum Gasteiger partial charge on any atom is 0.204 e. The Bertz CT molecular complexity index is 726. The van der Waals surface area contributed by atoms with E-state index in [2.05, 4.69) is 24.3 Å². The predicted octanol–water partition coefficient (Wildman–Crippen LogP) is 2.56. The summed E-state index contributed by atoms with van der Waals surface area (Å²) in [7, 11) is 0. The third-order valence-electron chi connectivity index (χ3n) is 3.17. The summed E-state index contributed by atoms with van der Waals surface area (Å²) >= 11 is 0. The highest BCUT2D eigenvalue weighted by molar-refractivity contribution is 5.33. The van der Waals surface area contributed by atoms with E-state index in [-0.39, 0.29) is 5.43 Å². The normalized spacial score (nSPS) is 11.2. The largest absolute Gasteiger partial charge is 0.311 e. The van der Waals surface area contributed by atoms with Crippen LogP contribution in [0.5, 0.6) is 0 Å². The number of hydrogen-bond donors (Lipinski definition) is 1. The first kappa shape index (κ1) is 16.3. The van der Waals surface area contributed by atoms with Gasteiger partial charge in [0.15, 0.2) is 11.6 Å². The van der Waals surface area contributed by atoms with E-state index in [9.17, 15) is 13.6 Å². The second kappa shape index (κ2) is 6.79. The molecule has 1 heterocycles. The van der Waals surface area contributed by atoms with Crippen molar-refractivity contribution in [3.63, 3.8) is 0 Å². The maximum absolute atomic E-state index is 13.4. The summed E-state index contributed by atoms with van der Waals surface area (Å²) in [5.41, 5.74) is 1.11. The van der Waals surface area contributed by atoms with E-state index in [0.29, 0.717) is 29.5 Å². The van der Waals surface area contributed by atoms with Gasteiger partial charge in [-0.1, -0.05) is 13.8 Å². The molecule has 0 spiro atoms. The SMILES string of the molecule is Cc1cc(=O)c(CNCC(C)C)nn1-c1ccc(F)c(F)c1. The first-order valence-corrected chi connectivity index (χ1v) is 7.14. The summed E-state index contributed by atoms with van der Waals surface area (Å²) in [6, 6.07) is 4.97. The number of nitrogens with zero attached hydrogens (tertiary/aromatic N) is 2. The Hall–Kier alpha value is -2.08. The molecule has 0 amide bonds. The lowest BCUT2D eigenvalue weighted by atomic mass is 10.2. The van der Waals surface area contributed by atoms with Crippen LogP contribution < -0.4 is 10.7 Å². The van der Waals surface area contributed by atoms with Crippen LogP contribution in [0.3, 0.4) is 0 Å². The number of aryl methyl sites for hydroxylation is 1. The smallest absolute Gasteiger partial charge is 0.204 e. The van der Waals surface area contributed by atoms with Gasteiger partial charge in [-0.25, -0.2) is 13.5 Å². The van der Waals surface area contributed by atoms with Crippen LogP contribution in [-0.4, -0.2) is 16.3 Å². The van der Waals surface area contributed by atoms with Crippen LogP contribution in [0.25, 0.3) is 5.69 Å². The van der Waals surface area contributed by atoms with Crippen molar-refractivity contribution in [3.8, 4) is 5.69 Å². The fourth-order valence-corrected chi connectivity index (χ4v) is 2.06. The molecular formula is C16H19F2N3O. The van der Waals surface area contributed by atoms with Gasteiger partial charge < -0.3 is 5.32 Å². The summed E-state index contributed by atoms with van der Waals surface area (Å²) in [4.78, 5) is 12.0. The predicted molar refractivity (Wildman–Crippen MR) is 81.0 cm³/mol. The monoisotopic (exact) mass is 307 g/mol. The van der Waals surface area contributed by atoms with Gasteiger partial charge in [0.1, 0.15) is 5.69 Å². The van der Waals surface area contributed by atoms with E-state index in [1.165, 1.54) is 16.8 Å². The molecule has 1 aromatic carbocycles. The van der Waals surface area contributed by atoms with Gasteiger partial charge in [0, 0.05) is 24.4 Å². The summed E-state index contributed by atoms with van der Waals surface area (Å²) in [5, 5.41) is 7.41. The molecule has 22 heavy (non-hydrogen) atoms. The fraction of sp³-hybridized carbons (Fsp3) is 0.375. The molecule has 0 radical (unpaired) electrons. The molecule has 1 aromatic heterocycles. The average Bonchev–Trinajstić information content (AvgIpc) is 2.44. The second-order valence-corrected chi connectivity index (χ2v) is 5.63. The molecule has 118 valence electrons. The van der Waals surface area contributed by atoms with Gasteiger partial charge in [-0.15, -0.1) is 0 Å². The van der Waals surface area contributed by atoms with E-state index >= 15 is 0 Å². The first-order valence-electron chi connectivity index (χ1n) is 7.14. The molecule has 0 saturated carbocycles. The molecular weight excluding hydrogens is 288 g/mol. The van der Waals surface area contributed by atoms with Crippen LogP contribution in [0.15, 0.2) is 29.1 Å². The topological polar surface area (TPSA) is 46.9 Å². The average molecular weight is 307 g/mol. The molecule has 0 unspecified atom stereocenters. The summed E-state index contributed by atoms with van der Waals surface area (Å²) in [6.07, 6.45) is 0. The molecule has 0 aliphatic rings. The minimum Gasteiger partial charge on any atom is -0.311 e. The quantitative estimate of drug-likeness (QED) is 0.923. The lowest BCUT2D eigenvalue weighted by Gasteiger charge is -2.12. The van der Waals surface area contributed by atoms with Gasteiger partial charge in [-0.05, 0) is 31.5 Å². The molecule has 0 atom stereocenters. The molecule has 2 rings (SSSR count). The number of aromatic nitrogens is 2. The Morgan fingerprint density at radius 2 is 1.95 bits per heavy atom. The number of halogens is 2. The number of benzene rings is 1. The van der Waals surface area contributed by atoms with Crippen molar-refractivity contribution in [1.29, 1.82) is 0 Å². The van der Waals surface area contributed by atoms with Gasteiger partial charge in [-0.2, -0.15) is 5.10 Å². The van der Waals surface area contributed by atoms with E-state index in [4.69, 9.17) is 0 Å². The van der Waals surface area contributed by atoms with Crippen molar-refractivity contribution in [1.82, 2.24) is 15.1 Å². The number of hydrogen-bond acceptors (Lipinski definition) is 3. The van der Waals surface area contributed by atoms with E-state index in [1.54, 1.807) is 6.92 Å². The van der Waals surface area contributed by atoms with Gasteiger partial charge in [0.2, 0.25) is 5.43 Å². The Balaban J connectivity index is 2.35. The molecule has 0 saturated heterocycles. The van der Waals surface area contributed by atoms with Crippen LogP contribution in [-0.2, 0) is 6.54 Å². The van der Waals surface area contributed by atoms with Gasteiger partial charge in [-0.3, -0.25) is 4.79 Å². The third kappa shape index (κ3) is 3.76. The van der Waals surface area contributed by atoms with Crippen molar-refractivity contribution >= 4 is 0 Å². The molecule has 6 heteroatoms. The maximum atomic E-state index is 13.4. The van der Waals surface area contributed by atoms with Crippen molar-refractivity contribution in [2.24, 2.45) is 5.92 Å². The molecule has 0 aliphatic heterocycles. The molecule has 0 aliphatic carbocycles. The standard InChI is InChI=1S/C16H19F2N3O/c1-10(2)8-19-9-15-16(22)6-11(3)21(20-15)12-4-5-13(17)14(18)7-12/h4-7,10,19H,8-9H2,1-3H3. The third-order valence-corrected chi connectivity index (χ3v) is 3.17. The summed E-state index contributed by atoms with van der Waals surface area (Å²) in [6.45, 7) is 6.92. The van der Waals surface area contributed by atoms with Gasteiger partial charge in [0.25, 0.3) is 0 Å². The van der Waals surface area contributed by atoms with Crippen molar-refractivity contribution in [2.45, 2.75) is 27.3 Å². The Labute approximate surface area is 127 Å². The highest BCUT2D eigenvalue weighted by atomic mass is 19.2. The van der Waals surface area contributed by atoms with Crippen LogP contribution in [0, 0.1) is 24.5 Å². The summed E-state index contributed by atoms with van der Waals surface area (Å²) in [5.74, 6) is -1.41. The highest BCUT2D eigenvalue weighted by Crippen LogP contribution is 2.13. The van der Waals surface area contributed by atoms with Gasteiger partial charge >= 0.3 is 0 Å². The van der Waals surface area contributed by atoms with Crippen LogP contribution in [0.4, 0.5) is 8.78 Å². The number of nitrogens with one attached hydrogen (secondary N) is 1. The molecule has 0 bridgehead atoms. The second-order valence-electron chi connectivity index (χ2n) is 5.63. The highest BCUT2D eigenvalue weighted by Gasteiger charge is 2.10. The Morgan fingerprint density at radius 3 is 2.59 bits per heavy atom. The first-order chi connectivity index (χ1) is 10.4. The minimum atomic E-state index is -0.947. The zero-order chi connectivity index (χ0) is 16.3. The lowest BCUT2D eigenvalue weighted by Crippen LogP contribution is -2.26. The number of rotatable bonds is 5. The van der Waals surface area contributed by atoms with E-state index in [1.807, 2.05) is 0 Å². The van der Waals surface area contributed by atoms with Gasteiger partial charge in [0.05, 0.1) is 5.69 Å². The molecule has 4 nitrogen and oxygen atoms in total. The minimum absolute atomic E-state index is 0.174. The van der Waals surface area contributed by atoms with Crippen LogP contribution >= 0.6 is 0 Å². The summed E-state index contributed by atoms with van der Waals surface area (Å²) < 4.78 is 27.9. The molecule has 1 N–H and O–H groups in total. The molecule has 0 fully saturated rings. The zero-order valence-electron chi connectivity index (χ0n) is 12.9. The van der Waals surface area contributed by atoms with Crippen molar-refractivity contribution in [3.05, 3.63) is 57.5 Å². The fourth-order valence-electron chi connectivity index (χ4n) is 2.06. The van der Waals surface area contributed by atoms with Crippen LogP contribution in [0.1, 0.15) is 25.2 Å². The lowest BCUT2D eigenvalue weighted by molar-refractivity contribution is 0.506. The van der Waals surface area contributed by atoms with Crippen LogP contribution in [0.2, 0.25) is 0 Å².